The van der Waals surface area contributed by atoms with Crippen LogP contribution in [0.5, 0.6) is 5.75 Å². The number of para-hydroxylation sites is 1. The first-order chi connectivity index (χ1) is 11.0. The van der Waals surface area contributed by atoms with Crippen LogP contribution in [-0.4, -0.2) is 13.2 Å². The molecule has 4 N–H and O–H groups in total. The third kappa shape index (κ3) is 11.6. The Morgan fingerprint density at radius 2 is 1.58 bits per heavy atom. The average molecular weight is 360 g/mol. The van der Waals surface area contributed by atoms with Gasteiger partial charge in [0.2, 0.25) is 0 Å². The van der Waals surface area contributed by atoms with Gasteiger partial charge < -0.3 is 29.8 Å². The number of phosphoric acid groups is 1. The van der Waals surface area contributed by atoms with E-state index in [0.29, 0.717) is 0 Å². The molecule has 0 aliphatic carbocycles. The monoisotopic (exact) mass is 360 g/mol. The van der Waals surface area contributed by atoms with Crippen molar-refractivity contribution >= 4 is 7.82 Å². The molecule has 1 aromatic rings. The highest BCUT2D eigenvalue weighted by molar-refractivity contribution is 7.43. The quantitative estimate of drug-likeness (QED) is 0.426. The molecule has 0 aromatic heterocycles. The minimum Gasteiger partial charge on any atom is -0.790 e. The van der Waals surface area contributed by atoms with Gasteiger partial charge in [0.05, 0.1) is 14.4 Å². The van der Waals surface area contributed by atoms with Gasteiger partial charge in [-0.05, 0) is 24.5 Å². The summed E-state index contributed by atoms with van der Waals surface area (Å²) < 4.78 is 20.0. The molecule has 0 atom stereocenters. The summed E-state index contributed by atoms with van der Waals surface area (Å²) in [6.07, 6.45) is 9.72. The number of hydrogen-bond acceptors (Lipinski definition) is 5. The Balaban J connectivity index is 0.00000529. The van der Waals surface area contributed by atoms with Crippen molar-refractivity contribution in [2.75, 3.05) is 13.2 Å². The fourth-order valence-electron chi connectivity index (χ4n) is 2.42. The second kappa shape index (κ2) is 13.4. The summed E-state index contributed by atoms with van der Waals surface area (Å²) in [5, 5.41) is 0. The van der Waals surface area contributed by atoms with E-state index in [9.17, 15) is 14.4 Å². The lowest BCUT2D eigenvalue weighted by Gasteiger charge is -2.28. The summed E-state index contributed by atoms with van der Waals surface area (Å²) in [4.78, 5) is 20.7. The molecule has 0 aliphatic heterocycles. The van der Waals surface area contributed by atoms with Crippen LogP contribution < -0.4 is 20.7 Å². The van der Waals surface area contributed by atoms with Crippen molar-refractivity contribution in [1.29, 1.82) is 0 Å². The Kier molecular flexibility index (Phi) is 12.9. The molecule has 6 nitrogen and oxygen atoms in total. The van der Waals surface area contributed by atoms with E-state index < -0.39 is 7.82 Å². The first kappa shape index (κ1) is 23.1. The molecule has 0 saturated heterocycles. The molecule has 0 fully saturated rings. The lowest BCUT2D eigenvalue weighted by Crippen LogP contribution is -2.19. The zero-order valence-electron chi connectivity index (χ0n) is 14.9. The molecule has 0 aliphatic rings. The molecule has 0 spiro atoms. The van der Waals surface area contributed by atoms with Gasteiger partial charge in [-0.2, -0.15) is 0 Å². The van der Waals surface area contributed by atoms with Crippen molar-refractivity contribution in [3.8, 4) is 5.75 Å². The van der Waals surface area contributed by atoms with Gasteiger partial charge >= 0.3 is 0 Å². The van der Waals surface area contributed by atoms with Gasteiger partial charge in [-0.3, -0.25) is 0 Å². The van der Waals surface area contributed by atoms with Gasteiger partial charge in [0.15, 0.2) is 0 Å². The van der Waals surface area contributed by atoms with E-state index in [4.69, 9.17) is 4.74 Å². The highest BCUT2D eigenvalue weighted by atomic mass is 31.2. The number of rotatable bonds is 13. The summed E-state index contributed by atoms with van der Waals surface area (Å²) in [5.74, 6) is 0.730. The molecule has 1 rings (SSSR count). The maximum Gasteiger partial charge on any atom is 0.122 e. The number of hydrogen-bond donors (Lipinski definition) is 1. The lowest BCUT2D eigenvalue weighted by molar-refractivity contribution is -0.341. The summed E-state index contributed by atoms with van der Waals surface area (Å²) in [7, 11) is -4.91. The third-order valence-corrected chi connectivity index (χ3v) is 4.11. The number of ether oxygens (including phenoxy) is 1. The Labute approximate surface area is 145 Å². The van der Waals surface area contributed by atoms with Crippen LogP contribution >= 0.6 is 7.82 Å². The number of quaternary nitrogens is 1. The predicted octanol–water partition coefficient (Wildman–Crippen LogP) is 3.58. The molecule has 0 bridgehead atoms. The highest BCUT2D eigenvalue weighted by Crippen LogP contribution is 2.25. The Morgan fingerprint density at radius 3 is 2.25 bits per heavy atom. The first-order valence-electron chi connectivity index (χ1n) is 8.40. The molecule has 0 heterocycles. The van der Waals surface area contributed by atoms with Crippen LogP contribution in [0, 0.1) is 0 Å². The second-order valence-electron chi connectivity index (χ2n) is 5.61. The van der Waals surface area contributed by atoms with Gasteiger partial charge in [0, 0.05) is 0 Å². The summed E-state index contributed by atoms with van der Waals surface area (Å²) >= 11 is 0. The van der Waals surface area contributed by atoms with Crippen molar-refractivity contribution in [3.05, 3.63) is 29.8 Å². The minimum atomic E-state index is -4.91. The molecular formula is C17H31NO5P-. The fourth-order valence-corrected chi connectivity index (χ4v) is 2.72. The van der Waals surface area contributed by atoms with Crippen LogP contribution in [0.3, 0.4) is 0 Å². The van der Waals surface area contributed by atoms with Crippen LogP contribution in [0.1, 0.15) is 57.4 Å². The molecule has 7 heteroatoms. The predicted molar refractivity (Wildman–Crippen MR) is 93.2 cm³/mol. The van der Waals surface area contributed by atoms with Crippen molar-refractivity contribution in [1.82, 2.24) is 6.15 Å². The topological polar surface area (TPSA) is 118 Å². The van der Waals surface area contributed by atoms with Crippen LogP contribution in [0.2, 0.25) is 0 Å². The molecule has 1 aromatic carbocycles. The van der Waals surface area contributed by atoms with E-state index in [1.165, 1.54) is 38.5 Å². The van der Waals surface area contributed by atoms with Crippen molar-refractivity contribution in [2.45, 2.75) is 58.3 Å². The van der Waals surface area contributed by atoms with Crippen molar-refractivity contribution < 1.29 is 23.6 Å². The van der Waals surface area contributed by atoms with Gasteiger partial charge in [-0.1, -0.05) is 63.6 Å². The Bertz CT molecular complexity index is 478. The number of phosphoric ester groups is 1. The standard InChI is InChI=1S/C17H29O5P.H3N/c1-2-3-4-5-6-7-8-11-16-12-9-10-13-17(16)21-14-15-22-23(18,19)20;/h9-10,12-13H,2-8,11,14-15H2,1H3,(H2,18,19,20);1H3/p-1. The van der Waals surface area contributed by atoms with E-state index in [-0.39, 0.29) is 19.4 Å². The Hall–Kier alpha value is -0.910. The minimum absolute atomic E-state index is 0. The lowest BCUT2D eigenvalue weighted by atomic mass is 10.0. The van der Waals surface area contributed by atoms with Crippen molar-refractivity contribution in [3.63, 3.8) is 0 Å². The first-order valence-corrected chi connectivity index (χ1v) is 9.86. The van der Waals surface area contributed by atoms with Crippen LogP contribution in [0.4, 0.5) is 0 Å². The highest BCUT2D eigenvalue weighted by Gasteiger charge is 2.03. The van der Waals surface area contributed by atoms with E-state index in [2.05, 4.69) is 11.4 Å². The normalized spacial score (nSPS) is 11.1. The van der Waals surface area contributed by atoms with E-state index in [1.54, 1.807) is 0 Å². The zero-order valence-corrected chi connectivity index (χ0v) is 15.8. The number of unbranched alkanes of at least 4 members (excludes halogenated alkanes) is 6. The fraction of sp³-hybridized carbons (Fsp3) is 0.647. The average Bonchev–Trinajstić information content (AvgIpc) is 2.51. The Morgan fingerprint density at radius 1 is 0.958 bits per heavy atom. The van der Waals surface area contributed by atoms with Crippen LogP contribution in [-0.2, 0) is 15.5 Å². The smallest absolute Gasteiger partial charge is 0.122 e. The van der Waals surface area contributed by atoms with Gasteiger partial charge in [0.1, 0.15) is 12.4 Å². The molecule has 0 radical (unpaired) electrons. The molecule has 0 amide bonds. The molecule has 0 saturated carbocycles. The van der Waals surface area contributed by atoms with Gasteiger partial charge in [-0.25, -0.2) is 0 Å². The molecule has 0 unspecified atom stereocenters. The molecule has 24 heavy (non-hydrogen) atoms. The largest absolute Gasteiger partial charge is 0.790 e. The molecular weight excluding hydrogens is 329 g/mol. The summed E-state index contributed by atoms with van der Waals surface area (Å²) in [6, 6.07) is 7.70. The maximum absolute atomic E-state index is 10.4. The molecule has 140 valence electrons. The zero-order chi connectivity index (χ0) is 17.0. The number of benzene rings is 1. The van der Waals surface area contributed by atoms with Crippen LogP contribution in [0.15, 0.2) is 24.3 Å². The SMILES string of the molecule is CCCCCCCCCc1ccccc1OCCOP(=O)([O-])[O-].[NH4+]. The van der Waals surface area contributed by atoms with E-state index in [0.717, 1.165) is 24.2 Å². The number of aryl methyl sites for hydroxylation is 1. The second-order valence-corrected chi connectivity index (χ2v) is 6.76. The van der Waals surface area contributed by atoms with Gasteiger partial charge in [0.25, 0.3) is 0 Å². The van der Waals surface area contributed by atoms with E-state index in [1.807, 2.05) is 24.3 Å². The summed E-state index contributed by atoms with van der Waals surface area (Å²) in [5.41, 5.74) is 1.11. The van der Waals surface area contributed by atoms with Crippen LogP contribution in [0.25, 0.3) is 0 Å². The maximum atomic E-state index is 10.4. The van der Waals surface area contributed by atoms with Crippen molar-refractivity contribution in [2.24, 2.45) is 0 Å². The van der Waals surface area contributed by atoms with Gasteiger partial charge in [-0.15, -0.1) is 0 Å². The summed E-state index contributed by atoms with van der Waals surface area (Å²) in [6.45, 7) is 2.01. The third-order valence-electron chi connectivity index (χ3n) is 3.61. The van der Waals surface area contributed by atoms with E-state index >= 15 is 0 Å².